The van der Waals surface area contributed by atoms with Gasteiger partial charge in [-0.05, 0) is 61.7 Å². The van der Waals surface area contributed by atoms with Gasteiger partial charge in [-0.25, -0.2) is 0 Å². The van der Waals surface area contributed by atoms with E-state index in [1.807, 2.05) is 37.3 Å². The normalized spacial score (nSPS) is 16.1. The molecule has 0 aromatic heterocycles. The largest absolute Gasteiger partial charge is 0.493 e. The first-order valence-corrected chi connectivity index (χ1v) is 10.0. The minimum atomic E-state index is -0.213. The average molecular weight is 434 g/mol. The summed E-state index contributed by atoms with van der Waals surface area (Å²) in [5.74, 6) is 1.13. The summed E-state index contributed by atoms with van der Waals surface area (Å²) in [6.45, 7) is 3.97. The van der Waals surface area contributed by atoms with Crippen molar-refractivity contribution < 1.29 is 19.0 Å². The van der Waals surface area contributed by atoms with Crippen LogP contribution in [0.15, 0.2) is 46.9 Å². The molecule has 27 heavy (non-hydrogen) atoms. The smallest absolute Gasteiger partial charge is 0.259 e. The number of amides is 1. The molecule has 3 rings (SSSR count). The van der Waals surface area contributed by atoms with Gasteiger partial charge in [0.05, 0.1) is 18.3 Å². The molecule has 6 heteroatoms. The van der Waals surface area contributed by atoms with Crippen molar-refractivity contribution in [1.82, 2.24) is 0 Å². The molecule has 5 nitrogen and oxygen atoms in total. The molecule has 1 amide bonds. The van der Waals surface area contributed by atoms with E-state index in [2.05, 4.69) is 21.2 Å². The summed E-state index contributed by atoms with van der Waals surface area (Å²) in [6, 6.07) is 12.8. The Morgan fingerprint density at radius 1 is 1.22 bits per heavy atom. The second kappa shape index (κ2) is 9.76. The number of hydrogen-bond donors (Lipinski definition) is 1. The highest BCUT2D eigenvalue weighted by molar-refractivity contribution is 9.10. The lowest BCUT2D eigenvalue weighted by Gasteiger charge is -2.13. The van der Waals surface area contributed by atoms with Gasteiger partial charge in [0.15, 0.2) is 0 Å². The van der Waals surface area contributed by atoms with Crippen molar-refractivity contribution in [3.63, 3.8) is 0 Å². The van der Waals surface area contributed by atoms with Crippen LogP contribution in [-0.2, 0) is 4.74 Å². The van der Waals surface area contributed by atoms with Gasteiger partial charge in [-0.15, -0.1) is 0 Å². The van der Waals surface area contributed by atoms with E-state index in [1.165, 1.54) is 0 Å². The predicted molar refractivity (Wildman–Crippen MR) is 109 cm³/mol. The topological polar surface area (TPSA) is 56.8 Å². The SMILES string of the molecule is CCCOc1ccc(Br)cc1C(=O)Nc1ccc(OCC2CCCO2)cc1. The summed E-state index contributed by atoms with van der Waals surface area (Å²) in [5, 5.41) is 2.91. The molecule has 1 atom stereocenters. The lowest BCUT2D eigenvalue weighted by Crippen LogP contribution is -2.16. The van der Waals surface area contributed by atoms with E-state index in [4.69, 9.17) is 14.2 Å². The quantitative estimate of drug-likeness (QED) is 0.632. The van der Waals surface area contributed by atoms with E-state index in [9.17, 15) is 4.79 Å². The van der Waals surface area contributed by atoms with Crippen LogP contribution in [0.4, 0.5) is 5.69 Å². The minimum Gasteiger partial charge on any atom is -0.493 e. The van der Waals surface area contributed by atoms with Gasteiger partial charge in [0.1, 0.15) is 18.1 Å². The van der Waals surface area contributed by atoms with Crippen molar-refractivity contribution in [2.24, 2.45) is 0 Å². The molecule has 0 bridgehead atoms. The van der Waals surface area contributed by atoms with E-state index in [-0.39, 0.29) is 12.0 Å². The van der Waals surface area contributed by atoms with E-state index in [0.717, 1.165) is 36.1 Å². The molecule has 1 fully saturated rings. The maximum atomic E-state index is 12.7. The van der Waals surface area contributed by atoms with Crippen LogP contribution in [-0.4, -0.2) is 31.8 Å². The van der Waals surface area contributed by atoms with Crippen LogP contribution >= 0.6 is 15.9 Å². The van der Waals surface area contributed by atoms with E-state index in [0.29, 0.717) is 30.2 Å². The molecule has 0 aliphatic carbocycles. The minimum absolute atomic E-state index is 0.183. The molecule has 1 aliphatic rings. The Labute approximate surface area is 168 Å². The molecule has 0 saturated carbocycles. The number of anilines is 1. The fourth-order valence-corrected chi connectivity index (χ4v) is 3.18. The standard InChI is InChI=1S/C21H24BrNO4/c1-2-11-26-20-10-5-15(22)13-19(20)21(24)23-16-6-8-17(9-7-16)27-14-18-4-3-12-25-18/h5-10,13,18H,2-4,11-12,14H2,1H3,(H,23,24). The Balaban J connectivity index is 1.61. The summed E-state index contributed by atoms with van der Waals surface area (Å²) in [7, 11) is 0. The van der Waals surface area contributed by atoms with Crippen molar-refractivity contribution in [2.45, 2.75) is 32.3 Å². The lowest BCUT2D eigenvalue weighted by molar-refractivity contribution is 0.0679. The molecule has 144 valence electrons. The van der Waals surface area contributed by atoms with E-state index >= 15 is 0 Å². The van der Waals surface area contributed by atoms with Crippen molar-refractivity contribution in [2.75, 3.05) is 25.1 Å². The zero-order chi connectivity index (χ0) is 19.1. The van der Waals surface area contributed by atoms with E-state index in [1.54, 1.807) is 12.1 Å². The number of carbonyl (C=O) groups excluding carboxylic acids is 1. The number of nitrogens with one attached hydrogen (secondary N) is 1. The van der Waals surface area contributed by atoms with Crippen LogP contribution in [0.2, 0.25) is 0 Å². The average Bonchev–Trinajstić information content (AvgIpc) is 3.20. The van der Waals surface area contributed by atoms with Crippen LogP contribution < -0.4 is 14.8 Å². The first-order chi connectivity index (χ1) is 13.2. The maximum absolute atomic E-state index is 12.7. The van der Waals surface area contributed by atoms with Gasteiger partial charge in [-0.2, -0.15) is 0 Å². The molecular weight excluding hydrogens is 410 g/mol. The first-order valence-electron chi connectivity index (χ1n) is 9.24. The zero-order valence-corrected chi connectivity index (χ0v) is 17.0. The van der Waals surface area contributed by atoms with Crippen LogP contribution in [0, 0.1) is 0 Å². The second-order valence-electron chi connectivity index (χ2n) is 6.41. The number of carbonyl (C=O) groups is 1. The number of benzene rings is 2. The molecule has 1 N–H and O–H groups in total. The number of halogens is 1. The van der Waals surface area contributed by atoms with E-state index < -0.39 is 0 Å². The van der Waals surface area contributed by atoms with Crippen LogP contribution in [0.5, 0.6) is 11.5 Å². The highest BCUT2D eigenvalue weighted by atomic mass is 79.9. The molecule has 2 aromatic rings. The lowest BCUT2D eigenvalue weighted by atomic mass is 10.2. The van der Waals surface area contributed by atoms with Crippen molar-refractivity contribution >= 4 is 27.5 Å². The monoisotopic (exact) mass is 433 g/mol. The molecule has 2 aromatic carbocycles. The van der Waals surface area contributed by atoms with Crippen LogP contribution in [0.25, 0.3) is 0 Å². The molecular formula is C21H24BrNO4. The summed E-state index contributed by atoms with van der Waals surface area (Å²) >= 11 is 3.41. The fourth-order valence-electron chi connectivity index (χ4n) is 2.82. The van der Waals surface area contributed by atoms with Gasteiger partial charge < -0.3 is 19.5 Å². The summed E-state index contributed by atoms with van der Waals surface area (Å²) in [6.07, 6.45) is 3.20. The van der Waals surface area contributed by atoms with Gasteiger partial charge in [0.2, 0.25) is 0 Å². The summed E-state index contributed by atoms with van der Waals surface area (Å²) < 4.78 is 17.8. The van der Waals surface area contributed by atoms with Crippen LogP contribution in [0.1, 0.15) is 36.5 Å². The molecule has 0 spiro atoms. The Hall–Kier alpha value is -2.05. The highest BCUT2D eigenvalue weighted by Gasteiger charge is 2.16. The van der Waals surface area contributed by atoms with Gasteiger partial charge in [0, 0.05) is 16.8 Å². The van der Waals surface area contributed by atoms with Crippen molar-refractivity contribution in [3.8, 4) is 11.5 Å². The van der Waals surface area contributed by atoms with Gasteiger partial charge in [-0.1, -0.05) is 22.9 Å². The predicted octanol–water partition coefficient (Wildman–Crippen LogP) is 5.05. The third-order valence-corrected chi connectivity index (χ3v) is 4.71. The number of rotatable bonds is 8. The Bertz CT molecular complexity index is 757. The van der Waals surface area contributed by atoms with Crippen molar-refractivity contribution in [3.05, 3.63) is 52.5 Å². The molecule has 0 radical (unpaired) electrons. The summed E-state index contributed by atoms with van der Waals surface area (Å²) in [5.41, 5.74) is 1.20. The number of ether oxygens (including phenoxy) is 3. The first kappa shape index (κ1) is 19.7. The van der Waals surface area contributed by atoms with Gasteiger partial charge in [-0.3, -0.25) is 4.79 Å². The molecule has 1 unspecified atom stereocenters. The van der Waals surface area contributed by atoms with Crippen LogP contribution in [0.3, 0.4) is 0 Å². The Morgan fingerprint density at radius 2 is 2.04 bits per heavy atom. The maximum Gasteiger partial charge on any atom is 0.259 e. The number of hydrogen-bond acceptors (Lipinski definition) is 4. The molecule has 1 saturated heterocycles. The zero-order valence-electron chi connectivity index (χ0n) is 15.4. The Kier molecular flexibility index (Phi) is 7.12. The van der Waals surface area contributed by atoms with Gasteiger partial charge >= 0.3 is 0 Å². The fraction of sp³-hybridized carbons (Fsp3) is 0.381. The van der Waals surface area contributed by atoms with Gasteiger partial charge in [0.25, 0.3) is 5.91 Å². The highest BCUT2D eigenvalue weighted by Crippen LogP contribution is 2.25. The molecule has 1 heterocycles. The third kappa shape index (κ3) is 5.71. The third-order valence-electron chi connectivity index (χ3n) is 4.22. The Morgan fingerprint density at radius 3 is 2.74 bits per heavy atom. The summed E-state index contributed by atoms with van der Waals surface area (Å²) in [4.78, 5) is 12.7. The second-order valence-corrected chi connectivity index (χ2v) is 7.33. The molecule has 1 aliphatic heterocycles. The van der Waals surface area contributed by atoms with Crippen molar-refractivity contribution in [1.29, 1.82) is 0 Å².